The molecular formula is C28H25BrN2. The van der Waals surface area contributed by atoms with Crippen LogP contribution in [0.15, 0.2) is 83.3 Å². The van der Waals surface area contributed by atoms with Crippen LogP contribution >= 0.6 is 15.9 Å². The van der Waals surface area contributed by atoms with Crippen molar-refractivity contribution < 1.29 is 0 Å². The molecule has 3 heteroatoms. The second kappa shape index (κ2) is 7.35. The second-order valence-electron chi connectivity index (χ2n) is 9.16. The van der Waals surface area contributed by atoms with Crippen LogP contribution in [0.1, 0.15) is 26.3 Å². The first-order valence-corrected chi connectivity index (χ1v) is 11.4. The summed E-state index contributed by atoms with van der Waals surface area (Å²) < 4.78 is 3.34. The molecule has 5 aromatic rings. The van der Waals surface area contributed by atoms with Gasteiger partial charge in [-0.25, -0.2) is 4.98 Å². The molecule has 0 aliphatic carbocycles. The van der Waals surface area contributed by atoms with Gasteiger partial charge in [-0.3, -0.25) is 0 Å². The van der Waals surface area contributed by atoms with Crippen LogP contribution in [0.2, 0.25) is 0 Å². The maximum atomic E-state index is 5.13. The minimum Gasteiger partial charge on any atom is -0.342 e. The average molecular weight is 469 g/mol. The van der Waals surface area contributed by atoms with Crippen molar-refractivity contribution in [3.63, 3.8) is 0 Å². The minimum atomic E-state index is 0.133. The van der Waals surface area contributed by atoms with Crippen LogP contribution in [0, 0.1) is 0 Å². The predicted octanol–water partition coefficient (Wildman–Crippen LogP) is 8.12. The molecule has 0 bridgehead atoms. The lowest BCUT2D eigenvalue weighted by Gasteiger charge is -2.19. The van der Waals surface area contributed by atoms with E-state index in [1.807, 2.05) is 0 Å². The zero-order valence-corrected chi connectivity index (χ0v) is 19.9. The summed E-state index contributed by atoms with van der Waals surface area (Å²) in [6.45, 7) is 6.76. The Hall–Kier alpha value is -2.91. The number of benzene rings is 3. The summed E-state index contributed by atoms with van der Waals surface area (Å²) in [7, 11) is 2.14. The first-order valence-electron chi connectivity index (χ1n) is 10.6. The lowest BCUT2D eigenvalue weighted by atomic mass is 9.86. The molecule has 154 valence electrons. The molecule has 3 aromatic carbocycles. The van der Waals surface area contributed by atoms with Crippen LogP contribution in [0.25, 0.3) is 44.3 Å². The number of halogens is 1. The van der Waals surface area contributed by atoms with Gasteiger partial charge in [-0.2, -0.15) is 0 Å². The molecule has 0 spiro atoms. The van der Waals surface area contributed by atoms with Gasteiger partial charge in [0.2, 0.25) is 0 Å². The standard InChI is InChI=1S/C28H25BrN2/c1-28(2,3)20-13-9-18(10-14-20)23-17-24(19-11-15-21(29)16-12-19)30-26-22-7-5-6-8-25(22)31(4)27(23)26/h5-17H,1-4H3. The molecule has 0 fully saturated rings. The van der Waals surface area contributed by atoms with E-state index >= 15 is 0 Å². The molecule has 0 saturated carbocycles. The summed E-state index contributed by atoms with van der Waals surface area (Å²) in [4.78, 5) is 5.13. The van der Waals surface area contributed by atoms with E-state index in [1.165, 1.54) is 33.1 Å². The highest BCUT2D eigenvalue weighted by molar-refractivity contribution is 9.10. The van der Waals surface area contributed by atoms with Crippen LogP contribution in [-0.2, 0) is 12.5 Å². The quantitative estimate of drug-likeness (QED) is 0.255. The number of aryl methyl sites for hydroxylation is 1. The van der Waals surface area contributed by atoms with Crippen molar-refractivity contribution in [2.45, 2.75) is 26.2 Å². The number of hydrogen-bond donors (Lipinski definition) is 0. The molecule has 5 rings (SSSR count). The van der Waals surface area contributed by atoms with Crippen LogP contribution in [0.5, 0.6) is 0 Å². The van der Waals surface area contributed by atoms with Gasteiger partial charge in [-0.15, -0.1) is 0 Å². The maximum absolute atomic E-state index is 5.13. The highest BCUT2D eigenvalue weighted by Gasteiger charge is 2.18. The van der Waals surface area contributed by atoms with Gasteiger partial charge in [0.25, 0.3) is 0 Å². The van der Waals surface area contributed by atoms with Crippen molar-refractivity contribution in [2.75, 3.05) is 0 Å². The Bertz CT molecular complexity index is 1400. The topological polar surface area (TPSA) is 17.8 Å². The van der Waals surface area contributed by atoms with E-state index in [0.29, 0.717) is 0 Å². The number of rotatable bonds is 2. The van der Waals surface area contributed by atoms with Gasteiger partial charge in [-0.1, -0.05) is 91.3 Å². The molecule has 2 aromatic heterocycles. The number of para-hydroxylation sites is 1. The van der Waals surface area contributed by atoms with Gasteiger partial charge in [0.15, 0.2) is 0 Å². The molecule has 2 heterocycles. The normalized spacial score (nSPS) is 12.0. The SMILES string of the molecule is Cn1c2ccccc2c2nc(-c3ccc(Br)cc3)cc(-c3ccc(C(C)(C)C)cc3)c21. The van der Waals surface area contributed by atoms with Gasteiger partial charge in [0, 0.05) is 28.0 Å². The van der Waals surface area contributed by atoms with Crippen molar-refractivity contribution in [1.29, 1.82) is 0 Å². The van der Waals surface area contributed by atoms with E-state index in [0.717, 1.165) is 21.2 Å². The summed E-state index contributed by atoms with van der Waals surface area (Å²) in [6, 6.07) is 28.1. The fourth-order valence-electron chi connectivity index (χ4n) is 4.29. The molecule has 31 heavy (non-hydrogen) atoms. The minimum absolute atomic E-state index is 0.133. The van der Waals surface area contributed by atoms with Crippen molar-refractivity contribution in [3.8, 4) is 22.4 Å². The number of hydrogen-bond acceptors (Lipinski definition) is 1. The second-order valence-corrected chi connectivity index (χ2v) is 10.1. The average Bonchev–Trinajstić information content (AvgIpc) is 3.06. The number of nitrogens with zero attached hydrogens (tertiary/aromatic N) is 2. The number of aromatic nitrogens is 2. The highest BCUT2D eigenvalue weighted by Crippen LogP contribution is 2.37. The third kappa shape index (κ3) is 3.47. The van der Waals surface area contributed by atoms with Crippen molar-refractivity contribution in [3.05, 3.63) is 88.9 Å². The highest BCUT2D eigenvalue weighted by atomic mass is 79.9. The molecule has 0 amide bonds. The number of pyridine rings is 1. The summed E-state index contributed by atoms with van der Waals surface area (Å²) in [5.41, 5.74) is 9.42. The van der Waals surface area contributed by atoms with E-state index in [9.17, 15) is 0 Å². The lowest BCUT2D eigenvalue weighted by molar-refractivity contribution is 0.590. The molecule has 0 radical (unpaired) electrons. The Kier molecular flexibility index (Phi) is 4.75. The van der Waals surface area contributed by atoms with Crippen molar-refractivity contribution in [2.24, 2.45) is 7.05 Å². The monoisotopic (exact) mass is 468 g/mol. The maximum Gasteiger partial charge on any atom is 0.0973 e. The van der Waals surface area contributed by atoms with E-state index in [2.05, 4.69) is 127 Å². The third-order valence-electron chi connectivity index (χ3n) is 6.05. The largest absolute Gasteiger partial charge is 0.342 e. The Morgan fingerprint density at radius 3 is 2.13 bits per heavy atom. The van der Waals surface area contributed by atoms with E-state index in [1.54, 1.807) is 0 Å². The summed E-state index contributed by atoms with van der Waals surface area (Å²) in [6.07, 6.45) is 0. The molecule has 0 aliphatic heterocycles. The van der Waals surface area contributed by atoms with Crippen molar-refractivity contribution >= 4 is 37.9 Å². The third-order valence-corrected chi connectivity index (χ3v) is 6.58. The predicted molar refractivity (Wildman–Crippen MR) is 135 cm³/mol. The van der Waals surface area contributed by atoms with Crippen LogP contribution in [0.3, 0.4) is 0 Å². The fraction of sp³-hybridized carbons (Fsp3) is 0.179. The van der Waals surface area contributed by atoms with Gasteiger partial charge < -0.3 is 4.57 Å². The first kappa shape index (κ1) is 20.0. The summed E-state index contributed by atoms with van der Waals surface area (Å²) >= 11 is 3.54. The smallest absolute Gasteiger partial charge is 0.0973 e. The Labute approximate surface area is 191 Å². The zero-order chi connectivity index (χ0) is 21.8. The van der Waals surface area contributed by atoms with Crippen LogP contribution in [-0.4, -0.2) is 9.55 Å². The molecule has 0 unspecified atom stereocenters. The first-order chi connectivity index (χ1) is 14.8. The van der Waals surface area contributed by atoms with E-state index < -0.39 is 0 Å². The van der Waals surface area contributed by atoms with Crippen molar-refractivity contribution in [1.82, 2.24) is 9.55 Å². The zero-order valence-electron chi connectivity index (χ0n) is 18.3. The van der Waals surface area contributed by atoms with Crippen LogP contribution in [0.4, 0.5) is 0 Å². The summed E-state index contributed by atoms with van der Waals surface area (Å²) in [5, 5.41) is 1.19. The van der Waals surface area contributed by atoms with Gasteiger partial charge >= 0.3 is 0 Å². The van der Waals surface area contributed by atoms with E-state index in [4.69, 9.17) is 4.98 Å². The molecule has 0 atom stereocenters. The fourth-order valence-corrected chi connectivity index (χ4v) is 4.56. The van der Waals surface area contributed by atoms with E-state index in [-0.39, 0.29) is 5.41 Å². The Morgan fingerprint density at radius 1 is 0.806 bits per heavy atom. The summed E-state index contributed by atoms with van der Waals surface area (Å²) in [5.74, 6) is 0. The molecule has 2 nitrogen and oxygen atoms in total. The molecular weight excluding hydrogens is 444 g/mol. The Morgan fingerprint density at radius 2 is 1.45 bits per heavy atom. The Balaban J connectivity index is 1.82. The van der Waals surface area contributed by atoms with Gasteiger partial charge in [-0.05, 0) is 40.8 Å². The van der Waals surface area contributed by atoms with Gasteiger partial charge in [0.05, 0.1) is 22.2 Å². The molecule has 0 aliphatic rings. The van der Waals surface area contributed by atoms with Crippen LogP contribution < -0.4 is 0 Å². The molecule has 0 saturated heterocycles. The number of fused-ring (bicyclic) bond motifs is 3. The lowest BCUT2D eigenvalue weighted by Crippen LogP contribution is -2.10. The molecule has 0 N–H and O–H groups in total. The van der Waals surface area contributed by atoms with Gasteiger partial charge in [0.1, 0.15) is 0 Å².